The normalized spacial score (nSPS) is 15.3. The number of nitrogens with one attached hydrogen (secondary N) is 1. The number of methoxy groups -OCH3 is 1. The third-order valence-corrected chi connectivity index (χ3v) is 7.07. The zero-order valence-electron chi connectivity index (χ0n) is 20.9. The number of hydrogen-bond acceptors (Lipinski definition) is 8. The number of imidazole rings is 1. The average molecular weight is 499 g/mol. The standard InChI is InChI=1S/C27H30N8O2/c1-37-23-19(6-7-21-20(23)8-9-29-24(21)28)14-30-26(36)22-16-35(25(33-22)18-4-5-18)15-17-12-31-27(32-13-17)34-10-2-3-11-34/h6-9,12-13,16,18H,2-5,10-11,14-15H2,1H3,(H2,28,29)(H,30,36). The molecule has 10 nitrogen and oxygen atoms in total. The summed E-state index contributed by atoms with van der Waals surface area (Å²) in [4.78, 5) is 33.3. The molecule has 1 saturated heterocycles. The maximum absolute atomic E-state index is 13.1. The van der Waals surface area contributed by atoms with Gasteiger partial charge in [0.2, 0.25) is 5.95 Å². The zero-order valence-corrected chi connectivity index (χ0v) is 20.9. The number of nitrogens with two attached hydrogens (primary N) is 1. The van der Waals surface area contributed by atoms with E-state index in [-0.39, 0.29) is 5.91 Å². The first kappa shape index (κ1) is 23.2. The van der Waals surface area contributed by atoms with Gasteiger partial charge in [-0.2, -0.15) is 0 Å². The molecule has 1 aromatic carbocycles. The maximum Gasteiger partial charge on any atom is 0.271 e. The van der Waals surface area contributed by atoms with E-state index in [9.17, 15) is 4.79 Å². The summed E-state index contributed by atoms with van der Waals surface area (Å²) >= 11 is 0. The van der Waals surface area contributed by atoms with Gasteiger partial charge in [-0.05, 0) is 31.7 Å². The molecular weight excluding hydrogens is 468 g/mol. The minimum atomic E-state index is -0.224. The molecule has 1 saturated carbocycles. The van der Waals surface area contributed by atoms with Crippen LogP contribution in [0, 0.1) is 0 Å². The predicted molar refractivity (Wildman–Crippen MR) is 141 cm³/mol. The summed E-state index contributed by atoms with van der Waals surface area (Å²) in [6.07, 6.45) is 11.8. The highest BCUT2D eigenvalue weighted by molar-refractivity contribution is 5.96. The molecule has 2 aliphatic rings. The summed E-state index contributed by atoms with van der Waals surface area (Å²) in [6.45, 7) is 2.92. The van der Waals surface area contributed by atoms with Crippen molar-refractivity contribution in [1.29, 1.82) is 0 Å². The third-order valence-electron chi connectivity index (χ3n) is 7.07. The quantitative estimate of drug-likeness (QED) is 0.379. The summed E-state index contributed by atoms with van der Waals surface area (Å²) in [7, 11) is 1.61. The van der Waals surface area contributed by atoms with E-state index >= 15 is 0 Å². The van der Waals surface area contributed by atoms with Gasteiger partial charge in [0.15, 0.2) is 0 Å². The Balaban J connectivity index is 1.18. The topological polar surface area (TPSA) is 124 Å². The van der Waals surface area contributed by atoms with Crippen LogP contribution in [-0.4, -0.2) is 50.6 Å². The van der Waals surface area contributed by atoms with Crippen molar-refractivity contribution in [3.63, 3.8) is 0 Å². The fraction of sp³-hybridized carbons (Fsp3) is 0.370. The summed E-state index contributed by atoms with van der Waals surface area (Å²) in [5.41, 5.74) is 8.26. The molecule has 1 aliphatic heterocycles. The van der Waals surface area contributed by atoms with Gasteiger partial charge in [-0.3, -0.25) is 4.79 Å². The van der Waals surface area contributed by atoms with Crippen LogP contribution in [0.1, 0.15) is 59.0 Å². The van der Waals surface area contributed by atoms with E-state index < -0.39 is 0 Å². The molecule has 1 amide bonds. The summed E-state index contributed by atoms with van der Waals surface area (Å²) < 4.78 is 7.72. The number of nitrogen functional groups attached to an aromatic ring is 1. The lowest BCUT2D eigenvalue weighted by Gasteiger charge is -2.15. The van der Waals surface area contributed by atoms with Crippen LogP contribution >= 0.6 is 0 Å². The van der Waals surface area contributed by atoms with Gasteiger partial charge in [0.1, 0.15) is 23.1 Å². The van der Waals surface area contributed by atoms with Crippen LogP contribution in [0.3, 0.4) is 0 Å². The Morgan fingerprint density at radius 2 is 1.89 bits per heavy atom. The van der Waals surface area contributed by atoms with E-state index in [0.717, 1.165) is 59.6 Å². The van der Waals surface area contributed by atoms with Crippen LogP contribution in [0.25, 0.3) is 10.8 Å². The van der Waals surface area contributed by atoms with E-state index in [0.29, 0.717) is 36.3 Å². The van der Waals surface area contributed by atoms with E-state index in [2.05, 4.69) is 29.7 Å². The number of fused-ring (bicyclic) bond motifs is 1. The van der Waals surface area contributed by atoms with Crippen molar-refractivity contribution in [1.82, 2.24) is 29.8 Å². The number of carbonyl (C=O) groups excluding carboxylic acids is 1. The molecule has 3 aromatic heterocycles. The van der Waals surface area contributed by atoms with Gasteiger partial charge in [-0.1, -0.05) is 12.1 Å². The second kappa shape index (κ2) is 9.68. The highest BCUT2D eigenvalue weighted by Gasteiger charge is 2.30. The molecule has 4 aromatic rings. The average Bonchev–Trinajstić information content (AvgIpc) is 3.43. The first-order valence-corrected chi connectivity index (χ1v) is 12.7. The molecule has 0 radical (unpaired) electrons. The van der Waals surface area contributed by atoms with Gasteiger partial charge in [0.25, 0.3) is 5.91 Å². The largest absolute Gasteiger partial charge is 0.496 e. The Morgan fingerprint density at radius 3 is 2.62 bits per heavy atom. The van der Waals surface area contributed by atoms with E-state index in [1.807, 2.05) is 36.8 Å². The summed E-state index contributed by atoms with van der Waals surface area (Å²) in [5.74, 6) is 3.02. The van der Waals surface area contributed by atoms with Crippen LogP contribution in [0.4, 0.5) is 11.8 Å². The van der Waals surface area contributed by atoms with Crippen LogP contribution in [-0.2, 0) is 13.1 Å². The SMILES string of the molecule is COc1c(CNC(=O)c2cn(Cc3cnc(N4CCCC4)nc3)c(C3CC3)n2)ccc2c(N)nccc12. The number of carbonyl (C=O) groups is 1. The number of ether oxygens (including phenoxy) is 1. The van der Waals surface area contributed by atoms with Crippen molar-refractivity contribution in [3.05, 3.63) is 65.6 Å². The maximum atomic E-state index is 13.1. The molecular formula is C27H30N8O2. The van der Waals surface area contributed by atoms with E-state index in [1.165, 1.54) is 12.8 Å². The first-order chi connectivity index (χ1) is 18.1. The Hall–Kier alpha value is -4.21. The minimum Gasteiger partial charge on any atom is -0.496 e. The lowest BCUT2D eigenvalue weighted by Crippen LogP contribution is -2.23. The van der Waals surface area contributed by atoms with Crippen LogP contribution < -0.4 is 20.7 Å². The zero-order chi connectivity index (χ0) is 25.4. The molecule has 10 heteroatoms. The first-order valence-electron chi connectivity index (χ1n) is 12.7. The van der Waals surface area contributed by atoms with Crippen molar-refractivity contribution in [2.45, 2.75) is 44.7 Å². The number of aromatic nitrogens is 5. The van der Waals surface area contributed by atoms with Gasteiger partial charge in [0, 0.05) is 72.2 Å². The summed E-state index contributed by atoms with van der Waals surface area (Å²) in [6, 6.07) is 5.67. The Morgan fingerprint density at radius 1 is 1.11 bits per heavy atom. The second-order valence-corrected chi connectivity index (χ2v) is 9.70. The third kappa shape index (κ3) is 4.66. The van der Waals surface area contributed by atoms with Gasteiger partial charge in [-0.25, -0.2) is 19.9 Å². The highest BCUT2D eigenvalue weighted by atomic mass is 16.5. The smallest absolute Gasteiger partial charge is 0.271 e. The number of hydrogen-bond donors (Lipinski definition) is 2. The molecule has 3 N–H and O–H groups in total. The van der Waals surface area contributed by atoms with Gasteiger partial charge in [-0.15, -0.1) is 0 Å². The molecule has 4 heterocycles. The van der Waals surface area contributed by atoms with E-state index in [4.69, 9.17) is 15.5 Å². The molecule has 0 bridgehead atoms. The molecule has 0 spiro atoms. The van der Waals surface area contributed by atoms with Gasteiger partial charge >= 0.3 is 0 Å². The predicted octanol–water partition coefficient (Wildman–Crippen LogP) is 3.27. The van der Waals surface area contributed by atoms with Crippen LogP contribution in [0.15, 0.2) is 43.0 Å². The summed E-state index contributed by atoms with van der Waals surface area (Å²) in [5, 5.41) is 4.68. The number of pyridine rings is 1. The van der Waals surface area contributed by atoms with Crippen LogP contribution in [0.2, 0.25) is 0 Å². The Labute approximate surface area is 214 Å². The minimum absolute atomic E-state index is 0.224. The number of benzene rings is 1. The fourth-order valence-corrected chi connectivity index (χ4v) is 4.98. The van der Waals surface area contributed by atoms with Crippen molar-refractivity contribution in [2.75, 3.05) is 30.8 Å². The van der Waals surface area contributed by atoms with Gasteiger partial charge in [0.05, 0.1) is 13.7 Å². The van der Waals surface area contributed by atoms with Crippen LogP contribution in [0.5, 0.6) is 5.75 Å². The lowest BCUT2D eigenvalue weighted by atomic mass is 10.1. The number of anilines is 2. The Kier molecular flexibility index (Phi) is 6.07. The van der Waals surface area contributed by atoms with Crippen molar-refractivity contribution in [2.24, 2.45) is 0 Å². The fourth-order valence-electron chi connectivity index (χ4n) is 4.98. The molecule has 0 atom stereocenters. The molecule has 6 rings (SSSR count). The van der Waals surface area contributed by atoms with Crippen molar-refractivity contribution >= 4 is 28.4 Å². The molecule has 1 aliphatic carbocycles. The van der Waals surface area contributed by atoms with Crippen molar-refractivity contribution < 1.29 is 9.53 Å². The monoisotopic (exact) mass is 498 g/mol. The van der Waals surface area contributed by atoms with E-state index in [1.54, 1.807) is 13.3 Å². The van der Waals surface area contributed by atoms with Gasteiger partial charge < -0.3 is 25.3 Å². The molecule has 2 fully saturated rings. The molecule has 0 unspecified atom stereocenters. The molecule has 190 valence electrons. The second-order valence-electron chi connectivity index (χ2n) is 9.70. The number of nitrogens with zero attached hydrogens (tertiary/aromatic N) is 6. The van der Waals surface area contributed by atoms with Crippen molar-refractivity contribution in [3.8, 4) is 5.75 Å². The highest BCUT2D eigenvalue weighted by Crippen LogP contribution is 2.39. The Bertz CT molecular complexity index is 1440. The lowest BCUT2D eigenvalue weighted by molar-refractivity contribution is 0.0946. The molecule has 37 heavy (non-hydrogen) atoms. The number of amides is 1. The number of rotatable bonds is 8.